The van der Waals surface area contributed by atoms with Crippen LogP contribution in [0.1, 0.15) is 68.9 Å². The van der Waals surface area contributed by atoms with Gasteiger partial charge >= 0.3 is 7.12 Å². The Balaban J connectivity index is 1.56. The van der Waals surface area contributed by atoms with E-state index in [4.69, 9.17) is 15.0 Å². The Morgan fingerprint density at radius 2 is 1.42 bits per heavy atom. The van der Waals surface area contributed by atoms with Gasteiger partial charge in [-0.25, -0.2) is 4.68 Å². The van der Waals surface area contributed by atoms with Crippen LogP contribution >= 0.6 is 0 Å². The molecule has 0 radical (unpaired) electrons. The summed E-state index contributed by atoms with van der Waals surface area (Å²) in [6.07, 6.45) is 0. The van der Waals surface area contributed by atoms with Crippen molar-refractivity contribution in [1.29, 1.82) is 0 Å². The summed E-state index contributed by atoms with van der Waals surface area (Å²) in [5, 5.41) is 4.32. The summed E-state index contributed by atoms with van der Waals surface area (Å²) < 4.78 is 14.1. The monoisotopic (exact) mass is 445 g/mol. The maximum absolute atomic E-state index is 11.4. The first kappa shape index (κ1) is 23.3. The number of aryl methyl sites for hydroxylation is 1. The second-order valence-electron chi connectivity index (χ2n) is 10.3. The van der Waals surface area contributed by atoms with Crippen molar-refractivity contribution >= 4 is 18.5 Å². The summed E-state index contributed by atoms with van der Waals surface area (Å²) in [5.41, 5.74) is 9.84. The third-order valence-electron chi connectivity index (χ3n) is 7.13. The fourth-order valence-electron chi connectivity index (χ4n) is 4.08. The van der Waals surface area contributed by atoms with E-state index in [1.165, 1.54) is 11.1 Å². The zero-order valence-corrected chi connectivity index (χ0v) is 20.5. The average Bonchev–Trinajstić information content (AvgIpc) is 3.24. The Morgan fingerprint density at radius 3 is 1.88 bits per heavy atom. The molecule has 2 aromatic carbocycles. The highest BCUT2D eigenvalue weighted by atomic mass is 16.7. The van der Waals surface area contributed by atoms with Gasteiger partial charge in [0.25, 0.3) is 5.91 Å². The minimum absolute atomic E-state index is 0.204. The Bertz CT molecular complexity index is 1160. The Hall–Kier alpha value is -2.90. The lowest BCUT2D eigenvalue weighted by atomic mass is 9.74. The fourth-order valence-corrected chi connectivity index (χ4v) is 4.08. The molecule has 33 heavy (non-hydrogen) atoms. The maximum atomic E-state index is 11.4. The molecule has 3 aromatic rings. The summed E-state index contributed by atoms with van der Waals surface area (Å²) in [6, 6.07) is 18.4. The van der Waals surface area contributed by atoms with Crippen molar-refractivity contribution < 1.29 is 14.1 Å². The highest BCUT2D eigenvalue weighted by molar-refractivity contribution is 6.62. The molecular formula is C26H32BN3O3. The van der Waals surface area contributed by atoms with E-state index in [1.54, 1.807) is 10.7 Å². The van der Waals surface area contributed by atoms with Gasteiger partial charge in [0.05, 0.1) is 16.9 Å². The molecule has 4 rings (SSSR count). The van der Waals surface area contributed by atoms with Crippen LogP contribution in [0.3, 0.4) is 0 Å². The summed E-state index contributed by atoms with van der Waals surface area (Å²) in [4.78, 5) is 11.4. The number of nitrogens with two attached hydrogens (primary N) is 1. The molecule has 172 valence electrons. The van der Waals surface area contributed by atoms with Crippen LogP contribution in [0.25, 0.3) is 5.69 Å². The molecule has 0 atom stereocenters. The first-order chi connectivity index (χ1) is 15.3. The van der Waals surface area contributed by atoms with Gasteiger partial charge in [0, 0.05) is 11.1 Å². The molecule has 0 spiro atoms. The van der Waals surface area contributed by atoms with E-state index < -0.39 is 5.91 Å². The Morgan fingerprint density at radius 1 is 0.939 bits per heavy atom. The van der Waals surface area contributed by atoms with Gasteiger partial charge in [-0.15, -0.1) is 0 Å². The predicted octanol–water partition coefficient (Wildman–Crippen LogP) is 3.90. The van der Waals surface area contributed by atoms with Crippen molar-refractivity contribution in [1.82, 2.24) is 9.78 Å². The van der Waals surface area contributed by atoms with Gasteiger partial charge in [-0.05, 0) is 69.4 Å². The number of aromatic nitrogens is 2. The van der Waals surface area contributed by atoms with E-state index >= 15 is 0 Å². The highest BCUT2D eigenvalue weighted by Crippen LogP contribution is 2.37. The Labute approximate surface area is 196 Å². The molecule has 0 bridgehead atoms. The van der Waals surface area contributed by atoms with Crippen LogP contribution in [-0.4, -0.2) is 34.0 Å². The molecule has 1 saturated heterocycles. The van der Waals surface area contributed by atoms with Crippen LogP contribution in [0, 0.1) is 6.92 Å². The number of amides is 1. The molecule has 1 aliphatic heterocycles. The van der Waals surface area contributed by atoms with Crippen molar-refractivity contribution in [3.05, 3.63) is 77.1 Å². The molecule has 1 fully saturated rings. The van der Waals surface area contributed by atoms with Gasteiger partial charge in [-0.1, -0.05) is 50.2 Å². The third-order valence-corrected chi connectivity index (χ3v) is 7.13. The lowest BCUT2D eigenvalue weighted by Gasteiger charge is -2.32. The molecule has 2 N–H and O–H groups in total. The van der Waals surface area contributed by atoms with Gasteiger partial charge < -0.3 is 15.0 Å². The SMILES string of the molecule is Cc1cc(C(N)=O)nn1-c1ccc(C(C)(C)c2ccc(B3OC(C)(C)C(C)(C)O3)cc2)cc1. The number of carbonyl (C=O) groups excluding carboxylic acids is 1. The first-order valence-electron chi connectivity index (χ1n) is 11.3. The van der Waals surface area contributed by atoms with Crippen molar-refractivity contribution in [2.75, 3.05) is 0 Å². The molecule has 7 heteroatoms. The maximum Gasteiger partial charge on any atom is 0.494 e. The van der Waals surface area contributed by atoms with Crippen LogP contribution in [-0.2, 0) is 14.7 Å². The lowest BCUT2D eigenvalue weighted by molar-refractivity contribution is 0.00578. The summed E-state index contributed by atoms with van der Waals surface area (Å²) in [5.74, 6) is -0.529. The second kappa shape index (κ2) is 7.85. The van der Waals surface area contributed by atoms with Crippen LogP contribution in [0.15, 0.2) is 54.6 Å². The van der Waals surface area contributed by atoms with E-state index in [0.717, 1.165) is 16.8 Å². The number of nitrogens with zero attached hydrogens (tertiary/aromatic N) is 2. The Kier molecular flexibility index (Phi) is 5.54. The van der Waals surface area contributed by atoms with Crippen molar-refractivity contribution in [3.63, 3.8) is 0 Å². The van der Waals surface area contributed by atoms with E-state index in [9.17, 15) is 4.79 Å². The average molecular weight is 445 g/mol. The van der Waals surface area contributed by atoms with E-state index in [1.807, 2.05) is 19.1 Å². The largest absolute Gasteiger partial charge is 0.494 e. The van der Waals surface area contributed by atoms with Crippen LogP contribution in [0.4, 0.5) is 0 Å². The predicted molar refractivity (Wildman–Crippen MR) is 131 cm³/mol. The standard InChI is InChI=1S/C26H32BN3O3/c1-17-16-22(23(28)31)29-30(17)21-14-10-19(11-15-21)24(2,3)18-8-12-20(13-9-18)27-32-25(4,5)26(6,7)33-27/h8-16H,1-7H3,(H2,28,31). The molecule has 0 unspecified atom stereocenters. The van der Waals surface area contributed by atoms with Gasteiger partial charge in [-0.2, -0.15) is 5.10 Å². The quantitative estimate of drug-likeness (QED) is 0.604. The normalized spacial score (nSPS) is 17.4. The topological polar surface area (TPSA) is 79.4 Å². The van der Waals surface area contributed by atoms with Crippen LogP contribution in [0.5, 0.6) is 0 Å². The number of primary amides is 1. The van der Waals surface area contributed by atoms with Crippen LogP contribution < -0.4 is 11.2 Å². The minimum Gasteiger partial charge on any atom is -0.399 e. The van der Waals surface area contributed by atoms with E-state index in [0.29, 0.717) is 0 Å². The van der Waals surface area contributed by atoms with Crippen molar-refractivity contribution in [3.8, 4) is 5.69 Å². The number of hydrogen-bond acceptors (Lipinski definition) is 4. The molecule has 0 aliphatic carbocycles. The minimum atomic E-state index is -0.529. The second-order valence-corrected chi connectivity index (χ2v) is 10.3. The smallest absolute Gasteiger partial charge is 0.399 e. The van der Waals surface area contributed by atoms with Gasteiger partial charge in [-0.3, -0.25) is 4.79 Å². The molecule has 2 heterocycles. The molecule has 1 amide bonds. The highest BCUT2D eigenvalue weighted by Gasteiger charge is 2.51. The zero-order chi connectivity index (χ0) is 24.2. The van der Waals surface area contributed by atoms with Gasteiger partial charge in [0.2, 0.25) is 0 Å². The molecular weight excluding hydrogens is 413 g/mol. The fraction of sp³-hybridized carbons (Fsp3) is 0.385. The molecule has 1 aliphatic rings. The van der Waals surface area contributed by atoms with Gasteiger partial charge in [0.15, 0.2) is 5.69 Å². The molecule has 0 saturated carbocycles. The van der Waals surface area contributed by atoms with Crippen molar-refractivity contribution in [2.45, 2.75) is 65.1 Å². The summed E-state index contributed by atoms with van der Waals surface area (Å²) in [7, 11) is -0.367. The number of hydrogen-bond donors (Lipinski definition) is 1. The van der Waals surface area contributed by atoms with Crippen LogP contribution in [0.2, 0.25) is 0 Å². The number of carbonyl (C=O) groups is 1. The first-order valence-corrected chi connectivity index (χ1v) is 11.3. The molecule has 1 aromatic heterocycles. The number of benzene rings is 2. The van der Waals surface area contributed by atoms with E-state index in [-0.39, 0.29) is 29.4 Å². The summed E-state index contributed by atoms with van der Waals surface area (Å²) >= 11 is 0. The van der Waals surface area contributed by atoms with Gasteiger partial charge in [0.1, 0.15) is 0 Å². The third kappa shape index (κ3) is 4.11. The van der Waals surface area contributed by atoms with E-state index in [2.05, 4.69) is 83.0 Å². The molecule has 6 nitrogen and oxygen atoms in total. The number of rotatable bonds is 5. The lowest BCUT2D eigenvalue weighted by Crippen LogP contribution is -2.41. The summed E-state index contributed by atoms with van der Waals surface area (Å²) in [6.45, 7) is 14.6. The van der Waals surface area contributed by atoms with Crippen molar-refractivity contribution in [2.24, 2.45) is 5.73 Å². The zero-order valence-electron chi connectivity index (χ0n) is 20.5.